The molecular weight excluding hydrogens is 376 g/mol. The van der Waals surface area contributed by atoms with Gasteiger partial charge in [-0.05, 0) is 50.3 Å². The Morgan fingerprint density at radius 2 is 1.43 bits per heavy atom. The number of ether oxygens (including phenoxy) is 1. The molecular formula is C25H24N2O3. The molecule has 2 N–H and O–H groups in total. The van der Waals surface area contributed by atoms with Crippen molar-refractivity contribution >= 4 is 23.6 Å². The number of anilines is 1. The van der Waals surface area contributed by atoms with Gasteiger partial charge in [-0.2, -0.15) is 0 Å². The quantitative estimate of drug-likeness (QED) is 0.588. The van der Waals surface area contributed by atoms with Crippen molar-refractivity contribution in [3.8, 4) is 5.75 Å². The molecule has 30 heavy (non-hydrogen) atoms. The first-order valence-corrected chi connectivity index (χ1v) is 9.57. The lowest BCUT2D eigenvalue weighted by atomic mass is 10.1. The van der Waals surface area contributed by atoms with Crippen LogP contribution in [0.5, 0.6) is 5.75 Å². The molecule has 152 valence electrons. The second-order valence-corrected chi connectivity index (χ2v) is 6.94. The molecule has 0 unspecified atom stereocenters. The summed E-state index contributed by atoms with van der Waals surface area (Å²) in [4.78, 5) is 25.7. The minimum absolute atomic E-state index is 0.116. The Balaban J connectivity index is 1.91. The van der Waals surface area contributed by atoms with Crippen LogP contribution in [0, 0.1) is 13.8 Å². The van der Waals surface area contributed by atoms with Gasteiger partial charge < -0.3 is 15.4 Å². The topological polar surface area (TPSA) is 67.4 Å². The molecule has 0 spiro atoms. The summed E-state index contributed by atoms with van der Waals surface area (Å²) < 4.78 is 5.37. The molecule has 0 aromatic heterocycles. The van der Waals surface area contributed by atoms with Crippen molar-refractivity contribution in [3.05, 3.63) is 101 Å². The highest BCUT2D eigenvalue weighted by Crippen LogP contribution is 2.21. The molecule has 3 aromatic rings. The summed E-state index contributed by atoms with van der Waals surface area (Å²) in [5.74, 6) is -0.192. The van der Waals surface area contributed by atoms with E-state index in [0.29, 0.717) is 22.6 Å². The maximum atomic E-state index is 13.0. The van der Waals surface area contributed by atoms with Crippen LogP contribution in [0.3, 0.4) is 0 Å². The van der Waals surface area contributed by atoms with E-state index in [9.17, 15) is 9.59 Å². The van der Waals surface area contributed by atoms with Gasteiger partial charge in [0.15, 0.2) is 0 Å². The van der Waals surface area contributed by atoms with Gasteiger partial charge in [-0.15, -0.1) is 0 Å². The van der Waals surface area contributed by atoms with Crippen LogP contribution in [0.4, 0.5) is 5.69 Å². The van der Waals surface area contributed by atoms with Gasteiger partial charge in [0.05, 0.1) is 7.11 Å². The van der Waals surface area contributed by atoms with E-state index in [2.05, 4.69) is 10.6 Å². The molecule has 0 saturated heterocycles. The molecule has 0 radical (unpaired) electrons. The van der Waals surface area contributed by atoms with Gasteiger partial charge in [-0.25, -0.2) is 0 Å². The Hall–Kier alpha value is -3.86. The lowest BCUT2D eigenvalue weighted by molar-refractivity contribution is -0.113. The number of para-hydroxylation sites is 1. The Morgan fingerprint density at radius 3 is 2.07 bits per heavy atom. The highest BCUT2D eigenvalue weighted by atomic mass is 16.5. The van der Waals surface area contributed by atoms with E-state index in [-0.39, 0.29) is 11.6 Å². The first-order chi connectivity index (χ1) is 14.5. The molecule has 0 saturated carbocycles. The van der Waals surface area contributed by atoms with Crippen molar-refractivity contribution < 1.29 is 14.3 Å². The standard InChI is InChI=1S/C25H24N2O3/c1-17-8-12-19(13-9-17)24(28)27-22(16-20-6-4-5-7-23(20)30-3)25(29)26-21-14-10-18(2)11-15-21/h4-16H,1-3H3,(H,26,29)(H,27,28)/b22-16-. The van der Waals surface area contributed by atoms with Crippen LogP contribution in [0.2, 0.25) is 0 Å². The van der Waals surface area contributed by atoms with Crippen LogP contribution < -0.4 is 15.4 Å². The lowest BCUT2D eigenvalue weighted by Crippen LogP contribution is -2.30. The van der Waals surface area contributed by atoms with Crippen LogP contribution in [-0.2, 0) is 4.79 Å². The minimum Gasteiger partial charge on any atom is -0.496 e. The normalized spacial score (nSPS) is 11.0. The van der Waals surface area contributed by atoms with Crippen molar-refractivity contribution in [2.75, 3.05) is 12.4 Å². The number of benzene rings is 3. The fourth-order valence-corrected chi connectivity index (χ4v) is 2.83. The molecule has 0 heterocycles. The van der Waals surface area contributed by atoms with Crippen LogP contribution in [0.15, 0.2) is 78.5 Å². The Kier molecular flexibility index (Phi) is 6.65. The second kappa shape index (κ2) is 9.56. The van der Waals surface area contributed by atoms with Gasteiger partial charge in [0.1, 0.15) is 11.4 Å². The van der Waals surface area contributed by atoms with E-state index in [1.54, 1.807) is 31.4 Å². The van der Waals surface area contributed by atoms with E-state index in [4.69, 9.17) is 4.74 Å². The van der Waals surface area contributed by atoms with Crippen molar-refractivity contribution in [1.82, 2.24) is 5.32 Å². The van der Waals surface area contributed by atoms with Crippen LogP contribution in [0.25, 0.3) is 6.08 Å². The largest absolute Gasteiger partial charge is 0.496 e. The number of amides is 2. The maximum absolute atomic E-state index is 13.0. The second-order valence-electron chi connectivity index (χ2n) is 6.94. The van der Waals surface area contributed by atoms with Crippen molar-refractivity contribution in [2.45, 2.75) is 13.8 Å². The molecule has 3 rings (SSSR count). The summed E-state index contributed by atoms with van der Waals surface area (Å²) >= 11 is 0. The summed E-state index contributed by atoms with van der Waals surface area (Å²) in [5.41, 5.74) is 4.04. The first-order valence-electron chi connectivity index (χ1n) is 9.57. The smallest absolute Gasteiger partial charge is 0.272 e. The number of methoxy groups -OCH3 is 1. The summed E-state index contributed by atoms with van der Waals surface area (Å²) in [6, 6.07) is 21.9. The fourth-order valence-electron chi connectivity index (χ4n) is 2.83. The summed E-state index contributed by atoms with van der Waals surface area (Å²) in [6.07, 6.45) is 1.61. The number of aryl methyl sites for hydroxylation is 2. The number of hydrogen-bond acceptors (Lipinski definition) is 3. The molecule has 3 aromatic carbocycles. The van der Waals surface area contributed by atoms with Crippen molar-refractivity contribution in [2.24, 2.45) is 0 Å². The van der Waals surface area contributed by atoms with Crippen molar-refractivity contribution in [1.29, 1.82) is 0 Å². The SMILES string of the molecule is COc1ccccc1/C=C(\NC(=O)c1ccc(C)cc1)C(=O)Nc1ccc(C)cc1. The summed E-state index contributed by atoms with van der Waals surface area (Å²) in [6.45, 7) is 3.92. The Bertz CT molecular complexity index is 1070. The molecule has 2 amide bonds. The van der Waals surface area contributed by atoms with E-state index >= 15 is 0 Å². The number of carbonyl (C=O) groups excluding carboxylic acids is 2. The monoisotopic (exact) mass is 400 g/mol. The third-order valence-electron chi connectivity index (χ3n) is 4.55. The molecule has 5 nitrogen and oxygen atoms in total. The predicted octanol–water partition coefficient (Wildman–Crippen LogP) is 4.72. The van der Waals surface area contributed by atoms with Gasteiger partial charge in [-0.3, -0.25) is 9.59 Å². The number of nitrogens with one attached hydrogen (secondary N) is 2. The first kappa shape index (κ1) is 20.9. The van der Waals surface area contributed by atoms with E-state index in [0.717, 1.165) is 11.1 Å². The van der Waals surface area contributed by atoms with Crippen LogP contribution >= 0.6 is 0 Å². The molecule has 5 heteroatoms. The third kappa shape index (κ3) is 5.35. The average Bonchev–Trinajstić information content (AvgIpc) is 2.75. The third-order valence-corrected chi connectivity index (χ3v) is 4.55. The average molecular weight is 400 g/mol. The molecule has 0 aliphatic carbocycles. The highest BCUT2D eigenvalue weighted by Gasteiger charge is 2.16. The highest BCUT2D eigenvalue weighted by molar-refractivity contribution is 6.10. The summed E-state index contributed by atoms with van der Waals surface area (Å²) in [7, 11) is 1.56. The Morgan fingerprint density at radius 1 is 0.833 bits per heavy atom. The minimum atomic E-state index is -0.426. The fraction of sp³-hybridized carbons (Fsp3) is 0.120. The zero-order valence-corrected chi connectivity index (χ0v) is 17.2. The van der Waals surface area contributed by atoms with E-state index in [1.807, 2.05) is 68.4 Å². The van der Waals surface area contributed by atoms with E-state index in [1.165, 1.54) is 0 Å². The van der Waals surface area contributed by atoms with Crippen molar-refractivity contribution in [3.63, 3.8) is 0 Å². The van der Waals surface area contributed by atoms with Gasteiger partial charge >= 0.3 is 0 Å². The van der Waals surface area contributed by atoms with E-state index < -0.39 is 5.91 Å². The Labute approximate surface area is 176 Å². The summed E-state index contributed by atoms with van der Waals surface area (Å²) in [5, 5.41) is 5.57. The number of hydrogen-bond donors (Lipinski definition) is 2. The van der Waals surface area contributed by atoms with Gasteiger partial charge in [0, 0.05) is 16.8 Å². The zero-order valence-electron chi connectivity index (χ0n) is 17.2. The number of carbonyl (C=O) groups is 2. The zero-order chi connectivity index (χ0) is 21.5. The van der Waals surface area contributed by atoms with Gasteiger partial charge in [0.25, 0.3) is 11.8 Å². The lowest BCUT2D eigenvalue weighted by Gasteiger charge is -2.13. The molecule has 0 atom stereocenters. The maximum Gasteiger partial charge on any atom is 0.272 e. The van der Waals surface area contributed by atoms with Crippen LogP contribution in [0.1, 0.15) is 27.0 Å². The van der Waals surface area contributed by atoms with Gasteiger partial charge in [-0.1, -0.05) is 53.6 Å². The molecule has 0 bridgehead atoms. The van der Waals surface area contributed by atoms with Gasteiger partial charge in [0.2, 0.25) is 0 Å². The molecule has 0 fully saturated rings. The molecule has 0 aliphatic rings. The number of rotatable bonds is 6. The molecule has 0 aliphatic heterocycles. The predicted molar refractivity (Wildman–Crippen MR) is 119 cm³/mol. The van der Waals surface area contributed by atoms with Crippen LogP contribution in [-0.4, -0.2) is 18.9 Å².